The smallest absolute Gasteiger partial charge is 0.257 e. The van der Waals surface area contributed by atoms with Crippen LogP contribution in [0.1, 0.15) is 0 Å². The Bertz CT molecular complexity index is 405. The van der Waals surface area contributed by atoms with Crippen LogP contribution >= 0.6 is 0 Å². The molecule has 1 unspecified atom stereocenters. The number of carbonyl (C=O) groups is 1. The highest BCUT2D eigenvalue weighted by molar-refractivity contribution is 5.96. The number of likely N-dealkylation sites (N-methyl/N-ethyl adjacent to an activating group) is 1. The number of nitrogens with one attached hydrogen (secondary N) is 1. The van der Waals surface area contributed by atoms with E-state index in [-0.39, 0.29) is 11.7 Å². The first kappa shape index (κ1) is 12.0. The number of carbonyl (C=O) groups excluding carboxylic acids is 1. The van der Waals surface area contributed by atoms with Crippen molar-refractivity contribution in [1.29, 1.82) is 0 Å². The molecule has 1 fully saturated rings. The topological polar surface area (TPSA) is 41.6 Å². The molecule has 5 heteroatoms. The summed E-state index contributed by atoms with van der Waals surface area (Å²) in [4.78, 5) is 13.5. The van der Waals surface area contributed by atoms with Gasteiger partial charge < -0.3 is 15.0 Å². The second-order valence-corrected chi connectivity index (χ2v) is 3.94. The van der Waals surface area contributed by atoms with E-state index in [9.17, 15) is 9.18 Å². The lowest BCUT2D eigenvalue weighted by Gasteiger charge is -2.27. The zero-order chi connectivity index (χ0) is 12.3. The zero-order valence-corrected chi connectivity index (χ0v) is 9.65. The first-order valence-corrected chi connectivity index (χ1v) is 5.54. The average molecular weight is 238 g/mol. The molecule has 0 radical (unpaired) electrons. The number of ether oxygens (including phenoxy) is 1. The van der Waals surface area contributed by atoms with Gasteiger partial charge in [0.2, 0.25) is 0 Å². The Morgan fingerprint density at radius 3 is 3.06 bits per heavy atom. The quantitative estimate of drug-likeness (QED) is 0.827. The monoisotopic (exact) mass is 238 g/mol. The molecule has 1 aromatic rings. The number of nitrogens with zero attached hydrogens (tertiary/aromatic N) is 1. The van der Waals surface area contributed by atoms with Crippen LogP contribution in [0.25, 0.3) is 0 Å². The summed E-state index contributed by atoms with van der Waals surface area (Å²) in [6.45, 7) is 1.78. The van der Waals surface area contributed by atoms with Gasteiger partial charge in [-0.3, -0.25) is 4.79 Å². The molecule has 0 aliphatic carbocycles. The van der Waals surface area contributed by atoms with E-state index in [1.807, 2.05) is 0 Å². The summed E-state index contributed by atoms with van der Waals surface area (Å²) < 4.78 is 18.4. The van der Waals surface area contributed by atoms with Crippen molar-refractivity contribution in [1.82, 2.24) is 5.32 Å². The third-order valence-corrected chi connectivity index (χ3v) is 2.73. The Morgan fingerprint density at radius 1 is 1.59 bits per heavy atom. The summed E-state index contributed by atoms with van der Waals surface area (Å²) in [5.74, 6) is -0.521. The largest absolute Gasteiger partial charge is 0.366 e. The van der Waals surface area contributed by atoms with Crippen LogP contribution in [0.2, 0.25) is 0 Å². The molecule has 1 aromatic carbocycles. The Morgan fingerprint density at radius 2 is 2.41 bits per heavy atom. The highest BCUT2D eigenvalue weighted by Crippen LogP contribution is 2.15. The first-order valence-electron chi connectivity index (χ1n) is 5.54. The highest BCUT2D eigenvalue weighted by atomic mass is 19.1. The van der Waals surface area contributed by atoms with Crippen molar-refractivity contribution in [2.45, 2.75) is 6.10 Å². The number of amides is 1. The van der Waals surface area contributed by atoms with Crippen LogP contribution in [0, 0.1) is 5.82 Å². The standard InChI is InChI=1S/C12H15FN2O2/c1-15(10-4-2-3-9(13)7-10)12(16)11-8-14-5-6-17-11/h2-4,7,11,14H,5-6,8H2,1H3. The summed E-state index contributed by atoms with van der Waals surface area (Å²) in [5.41, 5.74) is 0.532. The molecule has 0 saturated carbocycles. The number of rotatable bonds is 2. The van der Waals surface area contributed by atoms with Gasteiger partial charge in [0.15, 0.2) is 0 Å². The Kier molecular flexibility index (Phi) is 3.71. The van der Waals surface area contributed by atoms with Gasteiger partial charge in [0, 0.05) is 25.8 Å². The van der Waals surface area contributed by atoms with Crippen LogP contribution in [-0.2, 0) is 9.53 Å². The van der Waals surface area contributed by atoms with E-state index < -0.39 is 6.10 Å². The van der Waals surface area contributed by atoms with E-state index in [4.69, 9.17) is 4.74 Å². The summed E-state index contributed by atoms with van der Waals surface area (Å²) in [6.07, 6.45) is -0.489. The third kappa shape index (κ3) is 2.81. The maximum Gasteiger partial charge on any atom is 0.257 e. The summed E-state index contributed by atoms with van der Waals surface area (Å²) >= 11 is 0. The SMILES string of the molecule is CN(C(=O)C1CNCCO1)c1cccc(F)c1. The molecule has 0 aromatic heterocycles. The lowest BCUT2D eigenvalue weighted by Crippen LogP contribution is -2.48. The van der Waals surface area contributed by atoms with E-state index in [1.54, 1.807) is 19.2 Å². The molecule has 1 aliphatic rings. The van der Waals surface area contributed by atoms with Crippen molar-refractivity contribution in [3.63, 3.8) is 0 Å². The molecule has 0 bridgehead atoms. The van der Waals surface area contributed by atoms with E-state index >= 15 is 0 Å². The molecule has 17 heavy (non-hydrogen) atoms. The van der Waals surface area contributed by atoms with Crippen LogP contribution < -0.4 is 10.2 Å². The van der Waals surface area contributed by atoms with E-state index in [0.717, 1.165) is 6.54 Å². The molecule has 1 atom stereocenters. The molecule has 0 spiro atoms. The van der Waals surface area contributed by atoms with E-state index in [1.165, 1.54) is 17.0 Å². The van der Waals surface area contributed by atoms with Crippen molar-refractivity contribution >= 4 is 11.6 Å². The number of morpholine rings is 1. The Balaban J connectivity index is 2.08. The molecule has 1 N–H and O–H groups in total. The van der Waals surface area contributed by atoms with Crippen molar-refractivity contribution in [3.05, 3.63) is 30.1 Å². The van der Waals surface area contributed by atoms with Crippen LogP contribution in [0.15, 0.2) is 24.3 Å². The Labute approximate surface area is 99.4 Å². The van der Waals surface area contributed by atoms with Gasteiger partial charge >= 0.3 is 0 Å². The highest BCUT2D eigenvalue weighted by Gasteiger charge is 2.25. The zero-order valence-electron chi connectivity index (χ0n) is 9.65. The second kappa shape index (κ2) is 5.25. The Hall–Kier alpha value is -1.46. The molecule has 1 heterocycles. The van der Waals surface area contributed by atoms with Gasteiger partial charge in [-0.15, -0.1) is 0 Å². The van der Waals surface area contributed by atoms with Crippen LogP contribution in [-0.4, -0.2) is 38.8 Å². The fourth-order valence-electron chi connectivity index (χ4n) is 1.75. The average Bonchev–Trinajstić information content (AvgIpc) is 2.38. The molecule has 2 rings (SSSR count). The van der Waals surface area contributed by atoms with Crippen LogP contribution in [0.3, 0.4) is 0 Å². The molecular formula is C12H15FN2O2. The number of halogens is 1. The van der Waals surface area contributed by atoms with Gasteiger partial charge in [-0.1, -0.05) is 6.07 Å². The number of anilines is 1. The normalized spacial score (nSPS) is 20.0. The number of benzene rings is 1. The molecule has 1 saturated heterocycles. The molecule has 1 aliphatic heterocycles. The minimum atomic E-state index is -0.489. The summed E-state index contributed by atoms with van der Waals surface area (Å²) in [7, 11) is 1.62. The van der Waals surface area contributed by atoms with Gasteiger partial charge in [0.1, 0.15) is 11.9 Å². The first-order chi connectivity index (χ1) is 8.18. The van der Waals surface area contributed by atoms with Crippen molar-refractivity contribution in [2.24, 2.45) is 0 Å². The molecule has 1 amide bonds. The second-order valence-electron chi connectivity index (χ2n) is 3.94. The maximum absolute atomic E-state index is 13.1. The van der Waals surface area contributed by atoms with Gasteiger partial charge in [-0.05, 0) is 18.2 Å². The van der Waals surface area contributed by atoms with Gasteiger partial charge in [0.25, 0.3) is 5.91 Å². The predicted octanol–water partition coefficient (Wildman–Crippen LogP) is 0.777. The number of hydrogen-bond acceptors (Lipinski definition) is 3. The minimum absolute atomic E-state index is 0.164. The maximum atomic E-state index is 13.1. The van der Waals surface area contributed by atoms with Gasteiger partial charge in [-0.25, -0.2) is 4.39 Å². The predicted molar refractivity (Wildman–Crippen MR) is 62.4 cm³/mol. The third-order valence-electron chi connectivity index (χ3n) is 2.73. The lowest BCUT2D eigenvalue weighted by molar-refractivity contribution is -0.131. The fraction of sp³-hybridized carbons (Fsp3) is 0.417. The molecule has 4 nitrogen and oxygen atoms in total. The number of hydrogen-bond donors (Lipinski definition) is 1. The van der Waals surface area contributed by atoms with E-state index in [2.05, 4.69) is 5.32 Å². The minimum Gasteiger partial charge on any atom is -0.366 e. The van der Waals surface area contributed by atoms with Gasteiger partial charge in [-0.2, -0.15) is 0 Å². The van der Waals surface area contributed by atoms with Crippen LogP contribution in [0.5, 0.6) is 0 Å². The van der Waals surface area contributed by atoms with Crippen molar-refractivity contribution in [3.8, 4) is 0 Å². The molecule has 92 valence electrons. The van der Waals surface area contributed by atoms with E-state index in [0.29, 0.717) is 18.8 Å². The fourth-order valence-corrected chi connectivity index (χ4v) is 1.75. The van der Waals surface area contributed by atoms with Crippen molar-refractivity contribution < 1.29 is 13.9 Å². The molecular weight excluding hydrogens is 223 g/mol. The summed E-state index contributed by atoms with van der Waals surface area (Å²) in [5, 5.41) is 3.09. The lowest BCUT2D eigenvalue weighted by atomic mass is 10.2. The van der Waals surface area contributed by atoms with Crippen LogP contribution in [0.4, 0.5) is 10.1 Å². The summed E-state index contributed by atoms with van der Waals surface area (Å²) in [6, 6.07) is 5.94. The van der Waals surface area contributed by atoms with Gasteiger partial charge in [0.05, 0.1) is 6.61 Å². The van der Waals surface area contributed by atoms with Crippen molar-refractivity contribution in [2.75, 3.05) is 31.6 Å².